The number of hydrogen-bond donors (Lipinski definition) is 1. The lowest BCUT2D eigenvalue weighted by Crippen LogP contribution is -2.46. The van der Waals surface area contributed by atoms with E-state index < -0.39 is 14.4 Å². The van der Waals surface area contributed by atoms with Crippen LogP contribution in [0.3, 0.4) is 0 Å². The molecule has 1 N–H and O–H groups in total. The highest BCUT2D eigenvalue weighted by atomic mass is 28.4. The molecular weight excluding hydrogens is 396 g/mol. The zero-order valence-corrected chi connectivity index (χ0v) is 20.3. The molecule has 0 amide bonds. The summed E-state index contributed by atoms with van der Waals surface area (Å²) in [6.45, 7) is 27.5. The molecule has 0 aromatic heterocycles. The van der Waals surface area contributed by atoms with Gasteiger partial charge < -0.3 is 19.0 Å². The summed E-state index contributed by atoms with van der Waals surface area (Å²) in [5.41, 5.74) is 3.34. The molecule has 4 atom stereocenters. The van der Waals surface area contributed by atoms with E-state index in [1.54, 1.807) is 0 Å². The van der Waals surface area contributed by atoms with Crippen molar-refractivity contribution in [3.05, 3.63) is 48.6 Å². The molecule has 2 aliphatic rings. The van der Waals surface area contributed by atoms with E-state index >= 15 is 0 Å². The highest BCUT2D eigenvalue weighted by molar-refractivity contribution is 6.74. The third kappa shape index (κ3) is 6.03. The Morgan fingerprint density at radius 2 is 1.73 bits per heavy atom. The van der Waals surface area contributed by atoms with Crippen LogP contribution >= 0.6 is 0 Å². The van der Waals surface area contributed by atoms with Gasteiger partial charge in [-0.05, 0) is 47.7 Å². The summed E-state index contributed by atoms with van der Waals surface area (Å²) in [6.07, 6.45) is 0.274. The summed E-state index contributed by atoms with van der Waals surface area (Å²) in [5, 5.41) is 9.68. The van der Waals surface area contributed by atoms with E-state index in [1.807, 2.05) is 0 Å². The van der Waals surface area contributed by atoms with Gasteiger partial charge in [0.25, 0.3) is 0 Å². The van der Waals surface area contributed by atoms with Crippen molar-refractivity contribution in [3.63, 3.8) is 0 Å². The molecule has 0 spiro atoms. The summed E-state index contributed by atoms with van der Waals surface area (Å²) in [5.74, 6) is -0.362. The standard InChI is InChI=1S/C24H38O5Si/c1-15-10-11-20(26)27-19(14-25)13-18(4)21-23(28-21)22(17(3)12-16(15)2)29-30(8,9)24(5,6)7/h19,21-23,25H,1-4,10-14H2,5-9H3/t19-,21+,22?,23-/m0/s1. The fourth-order valence-electron chi connectivity index (χ4n) is 3.29. The maximum absolute atomic E-state index is 12.1. The quantitative estimate of drug-likeness (QED) is 0.298. The van der Waals surface area contributed by atoms with E-state index in [1.165, 1.54) is 0 Å². The number of allylic oxidation sites excluding steroid dienone is 2. The van der Waals surface area contributed by atoms with Crippen LogP contribution in [-0.4, -0.2) is 50.4 Å². The normalized spacial score (nSPS) is 29.9. The second-order valence-electron chi connectivity index (χ2n) is 10.0. The Morgan fingerprint density at radius 3 is 2.30 bits per heavy atom. The molecular formula is C24H38O5Si. The zero-order valence-electron chi connectivity index (χ0n) is 19.3. The monoisotopic (exact) mass is 434 g/mol. The number of carbonyl (C=O) groups excluding carboxylic acids is 1. The van der Waals surface area contributed by atoms with Gasteiger partial charge in [0.15, 0.2) is 8.32 Å². The summed E-state index contributed by atoms with van der Waals surface area (Å²) in [6, 6.07) is 0. The molecule has 2 rings (SSSR count). The van der Waals surface area contributed by atoms with Crippen molar-refractivity contribution in [3.8, 4) is 0 Å². The lowest BCUT2D eigenvalue weighted by Gasteiger charge is -2.39. The van der Waals surface area contributed by atoms with Gasteiger partial charge in [-0.25, -0.2) is 0 Å². The Balaban J connectivity index is 2.29. The maximum atomic E-state index is 12.1. The van der Waals surface area contributed by atoms with E-state index in [0.29, 0.717) is 19.3 Å². The van der Waals surface area contributed by atoms with Gasteiger partial charge in [0.05, 0.1) is 12.7 Å². The Kier molecular flexibility index (Phi) is 7.72. The van der Waals surface area contributed by atoms with Gasteiger partial charge in [-0.1, -0.05) is 52.7 Å². The minimum Gasteiger partial charge on any atom is -0.460 e. The first-order valence-electron chi connectivity index (χ1n) is 10.6. The largest absolute Gasteiger partial charge is 0.460 e. The summed E-state index contributed by atoms with van der Waals surface area (Å²) in [7, 11) is -2.08. The van der Waals surface area contributed by atoms with E-state index in [2.05, 4.69) is 60.2 Å². The van der Waals surface area contributed by atoms with Gasteiger partial charge in [-0.15, -0.1) is 0 Å². The molecule has 2 saturated heterocycles. The first kappa shape index (κ1) is 24.8. The summed E-state index contributed by atoms with van der Waals surface area (Å²) in [4.78, 5) is 12.1. The van der Waals surface area contributed by atoms with Gasteiger partial charge in [-0.2, -0.15) is 0 Å². The van der Waals surface area contributed by atoms with Crippen molar-refractivity contribution < 1.29 is 23.8 Å². The van der Waals surface area contributed by atoms with Crippen LogP contribution in [0.15, 0.2) is 48.6 Å². The number of cyclic esters (lactones) is 1. The van der Waals surface area contributed by atoms with Crippen LogP contribution in [0.1, 0.15) is 46.5 Å². The van der Waals surface area contributed by atoms with Crippen LogP contribution in [0, 0.1) is 0 Å². The molecule has 0 saturated carbocycles. The molecule has 0 radical (unpaired) electrons. The first-order valence-corrected chi connectivity index (χ1v) is 13.5. The van der Waals surface area contributed by atoms with E-state index in [0.717, 1.165) is 22.3 Å². The summed E-state index contributed by atoms with van der Waals surface area (Å²) < 4.78 is 18.2. The number of esters is 1. The average Bonchev–Trinajstić information content (AvgIpc) is 3.42. The molecule has 30 heavy (non-hydrogen) atoms. The maximum Gasteiger partial charge on any atom is 0.306 e. The van der Waals surface area contributed by atoms with Gasteiger partial charge in [-0.3, -0.25) is 4.79 Å². The van der Waals surface area contributed by atoms with Gasteiger partial charge in [0.1, 0.15) is 18.3 Å². The second kappa shape index (κ2) is 9.35. The lowest BCUT2D eigenvalue weighted by atomic mass is 9.92. The second-order valence-corrected chi connectivity index (χ2v) is 14.8. The van der Waals surface area contributed by atoms with Crippen LogP contribution in [-0.2, 0) is 18.7 Å². The van der Waals surface area contributed by atoms with Crippen molar-refractivity contribution in [2.45, 2.75) is 89.0 Å². The molecule has 5 nitrogen and oxygen atoms in total. The molecule has 0 aromatic carbocycles. The third-order valence-corrected chi connectivity index (χ3v) is 10.9. The minimum absolute atomic E-state index is 0.0462. The Morgan fingerprint density at radius 1 is 1.10 bits per heavy atom. The van der Waals surface area contributed by atoms with Gasteiger partial charge in [0, 0.05) is 12.8 Å². The highest BCUT2D eigenvalue weighted by Gasteiger charge is 2.51. The number of hydrogen-bond acceptors (Lipinski definition) is 5. The highest BCUT2D eigenvalue weighted by Crippen LogP contribution is 2.44. The lowest BCUT2D eigenvalue weighted by molar-refractivity contribution is -0.150. The minimum atomic E-state index is -2.08. The average molecular weight is 435 g/mol. The van der Waals surface area contributed by atoms with Gasteiger partial charge in [0.2, 0.25) is 0 Å². The molecule has 0 bridgehead atoms. The van der Waals surface area contributed by atoms with Crippen molar-refractivity contribution in [1.82, 2.24) is 0 Å². The first-order chi connectivity index (χ1) is 13.8. The Bertz CT molecular complexity index is 730. The number of fused-ring (bicyclic) bond motifs is 1. The van der Waals surface area contributed by atoms with Crippen molar-refractivity contribution >= 4 is 14.3 Å². The van der Waals surface area contributed by atoms with E-state index in [-0.39, 0.29) is 42.3 Å². The molecule has 2 heterocycles. The van der Waals surface area contributed by atoms with Crippen LogP contribution in [0.25, 0.3) is 0 Å². The van der Waals surface area contributed by atoms with E-state index in [9.17, 15) is 9.90 Å². The summed E-state index contributed by atoms with van der Waals surface area (Å²) >= 11 is 0. The predicted molar refractivity (Wildman–Crippen MR) is 123 cm³/mol. The molecule has 0 aliphatic carbocycles. The molecule has 6 heteroatoms. The third-order valence-electron chi connectivity index (χ3n) is 6.42. The zero-order chi connectivity index (χ0) is 22.9. The van der Waals surface area contributed by atoms with Crippen molar-refractivity contribution in [2.24, 2.45) is 0 Å². The fourth-order valence-corrected chi connectivity index (χ4v) is 4.57. The number of aliphatic hydroxyl groups excluding tert-OH is 1. The van der Waals surface area contributed by atoms with Crippen molar-refractivity contribution in [2.75, 3.05) is 6.61 Å². The van der Waals surface area contributed by atoms with Crippen LogP contribution in [0.5, 0.6) is 0 Å². The number of rotatable bonds is 3. The van der Waals surface area contributed by atoms with Crippen LogP contribution in [0.2, 0.25) is 18.1 Å². The Hall–Kier alpha value is -1.47. The number of carbonyl (C=O) groups is 1. The predicted octanol–water partition coefficient (Wildman–Crippen LogP) is 4.85. The molecule has 2 fully saturated rings. The fraction of sp³-hybridized carbons (Fsp3) is 0.625. The number of aliphatic hydroxyl groups is 1. The Labute approximate surface area is 182 Å². The van der Waals surface area contributed by atoms with Crippen LogP contribution in [0.4, 0.5) is 0 Å². The molecule has 168 valence electrons. The van der Waals surface area contributed by atoms with Crippen LogP contribution < -0.4 is 0 Å². The van der Waals surface area contributed by atoms with E-state index in [4.69, 9.17) is 13.9 Å². The topological polar surface area (TPSA) is 68.3 Å². The van der Waals surface area contributed by atoms with Gasteiger partial charge >= 0.3 is 5.97 Å². The van der Waals surface area contributed by atoms with Crippen molar-refractivity contribution in [1.29, 1.82) is 0 Å². The molecule has 1 unspecified atom stereocenters. The molecule has 2 aliphatic heterocycles. The SMILES string of the molecule is C=C1CCC(=O)O[C@H](CO)CC(=C)[C@H]2O[C@@H]2C(O[Si](C)(C)C(C)(C)C)C(=C)CC1=C. The molecule has 0 aromatic rings. The number of ether oxygens (including phenoxy) is 2. The number of epoxide rings is 1. The smallest absolute Gasteiger partial charge is 0.306 e.